The molecule has 1 atom stereocenters. The number of hydrogen-bond donors (Lipinski definition) is 0. The molecule has 0 N–H and O–H groups in total. The summed E-state index contributed by atoms with van der Waals surface area (Å²) < 4.78 is 0. The number of hydrogen-bond acceptors (Lipinski definition) is 2. The van der Waals surface area contributed by atoms with E-state index in [1.54, 1.807) is 6.20 Å². The van der Waals surface area contributed by atoms with Crippen LogP contribution in [0.1, 0.15) is 27.2 Å². The quantitative estimate of drug-likeness (QED) is 0.603. The van der Waals surface area contributed by atoms with Gasteiger partial charge < -0.3 is 0 Å². The average molecular weight is 283 g/mol. The van der Waals surface area contributed by atoms with Gasteiger partial charge >= 0.3 is 0 Å². The zero-order valence-corrected chi connectivity index (χ0v) is 13.2. The average Bonchev–Trinajstić information content (AvgIpc) is 2.78. The van der Waals surface area contributed by atoms with Crippen LogP contribution in [0.2, 0.25) is 0 Å². The molecule has 0 aromatic rings. The molecule has 0 aromatic carbocycles. The fourth-order valence-corrected chi connectivity index (χ4v) is 3.26. The molecule has 0 radical (unpaired) electrons. The fourth-order valence-electron chi connectivity index (χ4n) is 2.16. The van der Waals surface area contributed by atoms with Crippen molar-refractivity contribution < 1.29 is 0 Å². The third kappa shape index (κ3) is 3.51. The van der Waals surface area contributed by atoms with E-state index >= 15 is 0 Å². The van der Waals surface area contributed by atoms with Crippen LogP contribution >= 0.6 is 11.8 Å². The molecule has 2 rings (SSSR count). The highest BCUT2D eigenvalue weighted by Gasteiger charge is 2.20. The highest BCUT2D eigenvalue weighted by Crippen LogP contribution is 2.41. The second kappa shape index (κ2) is 6.76. The van der Waals surface area contributed by atoms with Gasteiger partial charge in [0, 0.05) is 16.0 Å². The lowest BCUT2D eigenvalue weighted by molar-refractivity contribution is 0.928. The molecule has 2 heteroatoms. The minimum Gasteiger partial charge on any atom is -0.256 e. The molecule has 20 heavy (non-hydrogen) atoms. The van der Waals surface area contributed by atoms with Crippen molar-refractivity contribution in [3.05, 3.63) is 70.2 Å². The van der Waals surface area contributed by atoms with Gasteiger partial charge in [0.25, 0.3) is 0 Å². The van der Waals surface area contributed by atoms with Crippen LogP contribution in [0.3, 0.4) is 0 Å². The Labute approximate surface area is 126 Å². The first-order valence-corrected chi connectivity index (χ1v) is 7.74. The van der Waals surface area contributed by atoms with E-state index in [9.17, 15) is 0 Å². The SMILES string of the molecule is C=CN=C1C=C(/C2=C/C=C\C(C)/C=C\C2)SC1=C(C)C. The van der Waals surface area contributed by atoms with Crippen molar-refractivity contribution in [1.29, 1.82) is 0 Å². The zero-order chi connectivity index (χ0) is 14.5. The summed E-state index contributed by atoms with van der Waals surface area (Å²) >= 11 is 1.82. The molecule has 2 aliphatic rings. The van der Waals surface area contributed by atoms with E-state index in [2.05, 4.69) is 68.8 Å². The first kappa shape index (κ1) is 14.9. The van der Waals surface area contributed by atoms with Gasteiger partial charge in [0.2, 0.25) is 0 Å². The first-order chi connectivity index (χ1) is 9.61. The smallest absolute Gasteiger partial charge is 0.0779 e. The molecule has 0 amide bonds. The van der Waals surface area contributed by atoms with Gasteiger partial charge in [0.15, 0.2) is 0 Å². The maximum Gasteiger partial charge on any atom is 0.0779 e. The van der Waals surface area contributed by atoms with Crippen molar-refractivity contribution in [3.63, 3.8) is 0 Å². The van der Waals surface area contributed by atoms with Crippen molar-refractivity contribution in [1.82, 2.24) is 0 Å². The Bertz CT molecular complexity index is 579. The molecule has 1 aliphatic heterocycles. The van der Waals surface area contributed by atoms with Gasteiger partial charge in [0.05, 0.1) is 5.71 Å². The van der Waals surface area contributed by atoms with Crippen LogP contribution in [0, 0.1) is 5.92 Å². The molecule has 1 unspecified atom stereocenters. The summed E-state index contributed by atoms with van der Waals surface area (Å²) in [6.45, 7) is 10.2. The molecule has 0 saturated heterocycles. The van der Waals surface area contributed by atoms with Gasteiger partial charge in [0.1, 0.15) is 0 Å². The third-order valence-corrected chi connectivity index (χ3v) is 4.62. The van der Waals surface area contributed by atoms with E-state index in [-0.39, 0.29) is 0 Å². The second-order valence-corrected chi connectivity index (χ2v) is 6.26. The number of nitrogens with zero attached hydrogens (tertiary/aromatic N) is 1. The minimum atomic E-state index is 0.518. The number of rotatable bonds is 2. The summed E-state index contributed by atoms with van der Waals surface area (Å²) in [4.78, 5) is 6.94. The van der Waals surface area contributed by atoms with E-state index < -0.39 is 0 Å². The van der Waals surface area contributed by atoms with Crippen LogP contribution in [0.5, 0.6) is 0 Å². The lowest BCUT2D eigenvalue weighted by atomic mass is 10.0. The highest BCUT2D eigenvalue weighted by molar-refractivity contribution is 8.08. The molecule has 1 aliphatic carbocycles. The summed E-state index contributed by atoms with van der Waals surface area (Å²) in [5.74, 6) is 0.518. The van der Waals surface area contributed by atoms with E-state index in [0.717, 1.165) is 12.1 Å². The number of allylic oxidation sites excluding steroid dienone is 9. The van der Waals surface area contributed by atoms with E-state index in [1.807, 2.05) is 11.8 Å². The predicted molar refractivity (Wildman–Crippen MR) is 91.8 cm³/mol. The molecular weight excluding hydrogens is 262 g/mol. The Morgan fingerprint density at radius 1 is 1.40 bits per heavy atom. The lowest BCUT2D eigenvalue weighted by Crippen LogP contribution is -1.91. The monoisotopic (exact) mass is 283 g/mol. The number of thioether (sulfide) groups is 1. The molecule has 1 nitrogen and oxygen atoms in total. The second-order valence-electron chi connectivity index (χ2n) is 5.20. The molecule has 0 bridgehead atoms. The van der Waals surface area contributed by atoms with Crippen LogP contribution in [0.25, 0.3) is 0 Å². The Morgan fingerprint density at radius 2 is 2.20 bits per heavy atom. The standard InChI is InChI=1S/C18H21NS/c1-5-19-16-12-17(20-18(16)13(2)3)15-10-6-8-14(4)9-7-11-15/h5-10,12,14H,1,11H2,2-4H3/b8-6-,9-7-,15-10+,19-16?. The first-order valence-electron chi connectivity index (χ1n) is 6.92. The van der Waals surface area contributed by atoms with Crippen molar-refractivity contribution >= 4 is 17.5 Å². The molecule has 1 heterocycles. The topological polar surface area (TPSA) is 12.4 Å². The normalized spacial score (nSPS) is 30.1. The van der Waals surface area contributed by atoms with Crippen molar-refractivity contribution in [3.8, 4) is 0 Å². The fraction of sp³-hybridized carbons (Fsp3) is 0.278. The molecule has 104 valence electrons. The molecule has 0 spiro atoms. The minimum absolute atomic E-state index is 0.518. The molecule has 0 aromatic heterocycles. The van der Waals surface area contributed by atoms with Gasteiger partial charge in [-0.1, -0.05) is 61.2 Å². The van der Waals surface area contributed by atoms with Gasteiger partial charge in [-0.15, -0.1) is 0 Å². The van der Waals surface area contributed by atoms with E-state index in [0.29, 0.717) is 5.92 Å². The van der Waals surface area contributed by atoms with Crippen molar-refractivity contribution in [2.45, 2.75) is 27.2 Å². The molecule has 0 saturated carbocycles. The third-order valence-electron chi connectivity index (χ3n) is 3.20. The molecule has 0 fully saturated rings. The summed E-state index contributed by atoms with van der Waals surface area (Å²) in [5.41, 5.74) is 3.68. The van der Waals surface area contributed by atoms with Crippen LogP contribution in [0.4, 0.5) is 0 Å². The highest BCUT2D eigenvalue weighted by atomic mass is 32.2. The van der Waals surface area contributed by atoms with Gasteiger partial charge in [-0.05, 0) is 37.8 Å². The Balaban J connectivity index is 2.33. The van der Waals surface area contributed by atoms with Gasteiger partial charge in [-0.3, -0.25) is 4.99 Å². The van der Waals surface area contributed by atoms with Crippen molar-refractivity contribution in [2.24, 2.45) is 10.9 Å². The van der Waals surface area contributed by atoms with Crippen LogP contribution in [-0.2, 0) is 0 Å². The van der Waals surface area contributed by atoms with E-state index in [4.69, 9.17) is 0 Å². The summed E-state index contributed by atoms with van der Waals surface area (Å²) in [6.07, 6.45) is 15.9. The van der Waals surface area contributed by atoms with Gasteiger partial charge in [-0.2, -0.15) is 0 Å². The maximum absolute atomic E-state index is 4.39. The summed E-state index contributed by atoms with van der Waals surface area (Å²) in [5, 5.41) is 0. The predicted octanol–water partition coefficient (Wildman–Crippen LogP) is 5.57. The Kier molecular flexibility index (Phi) is 5.02. The van der Waals surface area contributed by atoms with Crippen LogP contribution < -0.4 is 0 Å². The van der Waals surface area contributed by atoms with Crippen LogP contribution in [0.15, 0.2) is 75.2 Å². The Hall–Kier alpha value is -1.54. The largest absolute Gasteiger partial charge is 0.256 e. The lowest BCUT2D eigenvalue weighted by Gasteiger charge is -2.08. The van der Waals surface area contributed by atoms with Crippen LogP contribution in [-0.4, -0.2) is 5.71 Å². The van der Waals surface area contributed by atoms with Crippen molar-refractivity contribution in [2.75, 3.05) is 0 Å². The van der Waals surface area contributed by atoms with Gasteiger partial charge in [-0.25, -0.2) is 0 Å². The maximum atomic E-state index is 4.39. The summed E-state index contributed by atoms with van der Waals surface area (Å²) in [7, 11) is 0. The zero-order valence-electron chi connectivity index (χ0n) is 12.4. The number of aliphatic imine (C=N–C) groups is 1. The Morgan fingerprint density at radius 3 is 2.90 bits per heavy atom. The van der Waals surface area contributed by atoms with E-state index in [1.165, 1.54) is 21.0 Å². The summed E-state index contributed by atoms with van der Waals surface area (Å²) in [6, 6.07) is 0. The molecular formula is C18H21NS.